The molecule has 0 saturated carbocycles. The largest absolute Gasteiger partial charge is 0.480 e. The van der Waals surface area contributed by atoms with Crippen LogP contribution < -0.4 is 0 Å². The van der Waals surface area contributed by atoms with E-state index in [1.807, 2.05) is 0 Å². The van der Waals surface area contributed by atoms with Crippen molar-refractivity contribution in [2.24, 2.45) is 0 Å². The molecule has 0 aromatic heterocycles. The summed E-state index contributed by atoms with van der Waals surface area (Å²) in [6.07, 6.45) is 8.76. The van der Waals surface area contributed by atoms with Crippen LogP contribution in [0.15, 0.2) is 0 Å². The van der Waals surface area contributed by atoms with Gasteiger partial charge < -0.3 is 20.4 Å². The molecule has 0 aromatic rings. The van der Waals surface area contributed by atoms with Crippen molar-refractivity contribution in [1.29, 1.82) is 0 Å². The summed E-state index contributed by atoms with van der Waals surface area (Å²) in [4.78, 5) is 44.4. The molecule has 0 bridgehead atoms. The average Bonchev–Trinajstić information content (AvgIpc) is 2.58. The Kier molecular flexibility index (Phi) is 20.8. The predicted molar refractivity (Wildman–Crippen MR) is 107 cm³/mol. The third-order valence-corrected chi connectivity index (χ3v) is 4.58. The fourth-order valence-corrected chi connectivity index (χ4v) is 3.01. The Balaban J connectivity index is 0. The van der Waals surface area contributed by atoms with Crippen molar-refractivity contribution in [3.8, 4) is 0 Å². The fourth-order valence-electron chi connectivity index (χ4n) is 2.51. The Morgan fingerprint density at radius 1 is 0.621 bits per heavy atom. The van der Waals surface area contributed by atoms with Crippen LogP contribution in [-0.2, 0) is 19.2 Å². The second-order valence-electron chi connectivity index (χ2n) is 6.76. The summed E-state index contributed by atoms with van der Waals surface area (Å²) in [5, 5.41) is 34.5. The number of carbonyl (C=O) groups is 4. The van der Waals surface area contributed by atoms with E-state index in [-0.39, 0.29) is 13.1 Å². The first-order valence-corrected chi connectivity index (χ1v) is 11.4. The minimum atomic E-state index is -1.23. The average molecular weight is 428 g/mol. The summed E-state index contributed by atoms with van der Waals surface area (Å²) in [7, 11) is 0. The molecule has 0 aromatic carbocycles. The number of hydrogen-bond donors (Lipinski definition) is 4. The second kappa shape index (κ2) is 20.1. The van der Waals surface area contributed by atoms with Crippen LogP contribution in [0.5, 0.6) is 0 Å². The minimum absolute atomic E-state index is 0.0703. The van der Waals surface area contributed by atoms with Gasteiger partial charge in [0.05, 0.1) is 26.2 Å². The Hall–Kier alpha value is -1.20. The van der Waals surface area contributed by atoms with E-state index in [9.17, 15) is 19.2 Å². The van der Waals surface area contributed by atoms with Gasteiger partial charge in [-0.15, -0.1) is 0 Å². The number of aliphatic carboxylic acids is 4. The zero-order valence-electron chi connectivity index (χ0n) is 17.5. The van der Waals surface area contributed by atoms with E-state index < -0.39 is 50.1 Å². The number of carboxylic acid groups (broad SMARTS) is 4. The molecule has 0 aliphatic rings. The third-order valence-electron chi connectivity index (χ3n) is 3.88. The maximum absolute atomic E-state index is 10.6. The second-order valence-corrected chi connectivity index (χ2v) is 7.76. The molecule has 0 spiro atoms. The van der Waals surface area contributed by atoms with Crippen LogP contribution in [0.1, 0.15) is 45.4 Å². The normalized spacial score (nSPS) is 10.5. The van der Waals surface area contributed by atoms with Gasteiger partial charge in [0.25, 0.3) is 0 Å². The van der Waals surface area contributed by atoms with Crippen molar-refractivity contribution in [2.45, 2.75) is 49.1 Å². The summed E-state index contributed by atoms with van der Waals surface area (Å²) in [5.74, 6) is -4.91. The van der Waals surface area contributed by atoms with Gasteiger partial charge in [-0.3, -0.25) is 29.0 Å². The van der Waals surface area contributed by atoms with E-state index in [4.69, 9.17) is 20.4 Å². The summed E-state index contributed by atoms with van der Waals surface area (Å²) >= 11 is 1.41. The van der Waals surface area contributed by atoms with Crippen molar-refractivity contribution in [3.05, 3.63) is 0 Å². The van der Waals surface area contributed by atoms with E-state index in [0.717, 1.165) is 9.80 Å². The molecule has 0 aliphatic heterocycles. The molecule has 4 N–H and O–H groups in total. The molecular weight excluding hydrogens is 395 g/mol. The monoisotopic (exact) mass is 428 g/mol. The van der Waals surface area contributed by atoms with Crippen molar-refractivity contribution in [2.75, 3.05) is 39.3 Å². The number of hydrogen-bond acceptors (Lipinski definition) is 6. The van der Waals surface area contributed by atoms with Gasteiger partial charge in [-0.05, 0) is 0 Å². The number of nitrogens with zero attached hydrogens (tertiary/aromatic N) is 2. The van der Waals surface area contributed by atoms with E-state index in [1.165, 1.54) is 70.1 Å². The van der Waals surface area contributed by atoms with Gasteiger partial charge in [-0.1, -0.05) is 0 Å². The molecule has 0 rings (SSSR count). The predicted octanol–water partition coefficient (Wildman–Crippen LogP) is 0.863. The van der Waals surface area contributed by atoms with Crippen LogP contribution in [0.3, 0.4) is 0 Å². The van der Waals surface area contributed by atoms with Crippen LogP contribution in [-0.4, -0.2) is 121 Å². The van der Waals surface area contributed by atoms with Gasteiger partial charge in [0.2, 0.25) is 0 Å². The molecule has 0 atom stereocenters. The number of carboxylic acids is 4. The van der Waals surface area contributed by atoms with E-state index in [1.54, 1.807) is 0 Å². The summed E-state index contributed by atoms with van der Waals surface area (Å²) in [6.45, 7) is 0.0200. The first-order chi connectivity index (χ1) is 13.6. The molecular formula is C18H33N2NaO8. The van der Waals surface area contributed by atoms with Crippen molar-refractivity contribution < 1.29 is 39.6 Å². The van der Waals surface area contributed by atoms with Gasteiger partial charge in [-0.25, -0.2) is 0 Å². The van der Waals surface area contributed by atoms with E-state index in [2.05, 4.69) is 6.92 Å². The maximum atomic E-state index is 10.6. The Bertz CT molecular complexity index is 416. The van der Waals surface area contributed by atoms with Crippen molar-refractivity contribution in [1.82, 2.24) is 9.80 Å². The number of rotatable bonds is 17. The van der Waals surface area contributed by atoms with Crippen molar-refractivity contribution in [3.63, 3.8) is 0 Å². The Morgan fingerprint density at radius 2 is 0.931 bits per heavy atom. The minimum Gasteiger partial charge on any atom is -0.480 e. The van der Waals surface area contributed by atoms with Crippen molar-refractivity contribution >= 4 is 51.8 Å². The molecule has 0 radical (unpaired) electrons. The standard InChI is InChI=1S/C10H16N2O8.C8H17.Na/c13-7(14)3-11(4-8(15)16)1-2-12(5-9(17)18)6-10(19)20;1-3-5-7-8-6-4-2;/h1-6H2,(H,13,14)(H,15,16)(H,17,18)(H,19,20);1,3-8H2,2H3;. The smallest absolute Gasteiger partial charge is 0.317 e. The molecule has 29 heavy (non-hydrogen) atoms. The molecule has 11 heteroatoms. The van der Waals surface area contributed by atoms with Crippen LogP contribution in [0.2, 0.25) is 3.67 Å². The Labute approximate surface area is 189 Å². The zero-order valence-corrected chi connectivity index (χ0v) is 19.5. The fraction of sp³-hybridized carbons (Fsp3) is 0.778. The van der Waals surface area contributed by atoms with E-state index >= 15 is 0 Å². The van der Waals surface area contributed by atoms with Crippen LogP contribution in [0, 0.1) is 0 Å². The molecule has 0 aliphatic carbocycles. The van der Waals surface area contributed by atoms with Crippen LogP contribution in [0.25, 0.3) is 0 Å². The SMILES string of the molecule is CCCCCCC[CH2][Na].O=C(O)CN(CCN(CC(=O)O)CC(=O)O)CC(=O)O. The summed E-state index contributed by atoms with van der Waals surface area (Å²) in [5.41, 5.74) is 0. The number of unbranched alkanes of at least 4 members (excludes halogenated alkanes) is 5. The summed E-state index contributed by atoms with van der Waals surface area (Å²) in [6, 6.07) is 0. The molecule has 0 unspecified atom stereocenters. The third kappa shape index (κ3) is 24.8. The molecule has 0 saturated heterocycles. The van der Waals surface area contributed by atoms with Gasteiger partial charge in [-0.2, -0.15) is 0 Å². The topological polar surface area (TPSA) is 156 Å². The van der Waals surface area contributed by atoms with Crippen LogP contribution in [0.4, 0.5) is 0 Å². The first kappa shape index (κ1) is 30.0. The molecule has 0 heterocycles. The zero-order chi connectivity index (χ0) is 22.7. The molecule has 0 amide bonds. The molecule has 164 valence electrons. The van der Waals surface area contributed by atoms with Gasteiger partial charge >= 0.3 is 101 Å². The Morgan fingerprint density at radius 3 is 1.21 bits per heavy atom. The quantitative estimate of drug-likeness (QED) is 0.194. The maximum Gasteiger partial charge on any atom is 0.317 e. The molecule has 0 fully saturated rings. The van der Waals surface area contributed by atoms with Crippen LogP contribution >= 0.6 is 0 Å². The van der Waals surface area contributed by atoms with Gasteiger partial charge in [0.15, 0.2) is 0 Å². The summed E-state index contributed by atoms with van der Waals surface area (Å²) < 4.78 is 1.51. The molecule has 10 nitrogen and oxygen atoms in total. The van der Waals surface area contributed by atoms with Gasteiger partial charge in [0.1, 0.15) is 0 Å². The van der Waals surface area contributed by atoms with Gasteiger partial charge in [0, 0.05) is 13.1 Å². The van der Waals surface area contributed by atoms with E-state index in [0.29, 0.717) is 0 Å². The first-order valence-electron chi connectivity index (χ1n) is 9.94.